The third-order valence-corrected chi connectivity index (χ3v) is 4.07. The smallest absolute Gasteiger partial charge is 0.364 e. The molecule has 1 N–H and O–H groups in total. The van der Waals surface area contributed by atoms with E-state index in [0.29, 0.717) is 42.9 Å². The van der Waals surface area contributed by atoms with Crippen LogP contribution in [0.3, 0.4) is 0 Å². The summed E-state index contributed by atoms with van der Waals surface area (Å²) < 4.78 is 1.54. The molecule has 2 heterocycles. The van der Waals surface area contributed by atoms with E-state index in [9.17, 15) is 19.7 Å². The first-order valence-corrected chi connectivity index (χ1v) is 7.85. The minimum atomic E-state index is -0.541. The van der Waals surface area contributed by atoms with Gasteiger partial charge in [0.25, 0.3) is 11.8 Å². The Labute approximate surface area is 143 Å². The molecule has 0 fully saturated rings. The fraction of sp³-hybridized carbons (Fsp3) is 0.312. The monoisotopic (exact) mass is 343 g/mol. The number of rotatable bonds is 7. The first kappa shape index (κ1) is 16.6. The number of hydrogen-bond acceptors (Lipinski definition) is 6. The number of hydrogen-bond donors (Lipinski definition) is 1. The zero-order valence-corrected chi connectivity index (χ0v) is 13.6. The zero-order chi connectivity index (χ0) is 18.0. The Kier molecular flexibility index (Phi) is 4.46. The summed E-state index contributed by atoms with van der Waals surface area (Å²) in [5.41, 5.74) is 0.882. The number of carbonyl (C=O) groups is 2. The Morgan fingerprint density at radius 1 is 1.16 bits per heavy atom. The fourth-order valence-corrected chi connectivity index (χ4v) is 2.80. The van der Waals surface area contributed by atoms with Gasteiger partial charge >= 0.3 is 5.82 Å². The summed E-state index contributed by atoms with van der Waals surface area (Å²) in [4.78, 5) is 39.8. The minimum absolute atomic E-state index is 0.220. The standard InChI is InChI=1S/C16H17N5O4/c1-19-10-18-14(21(24)25)13(19)17-8-4-5-9-20-15(22)11-6-2-3-7-12(11)16(20)23/h2-3,6-7,10,17H,4-5,8-9H2,1H3. The minimum Gasteiger partial charge on any atom is -0.364 e. The van der Waals surface area contributed by atoms with Crippen LogP contribution >= 0.6 is 0 Å². The van der Waals surface area contributed by atoms with E-state index < -0.39 is 4.92 Å². The van der Waals surface area contributed by atoms with Crippen molar-refractivity contribution in [2.45, 2.75) is 12.8 Å². The number of amides is 2. The van der Waals surface area contributed by atoms with Crippen molar-refractivity contribution in [1.29, 1.82) is 0 Å². The van der Waals surface area contributed by atoms with Crippen LogP contribution in [0.25, 0.3) is 0 Å². The third kappa shape index (κ3) is 3.08. The molecule has 0 atom stereocenters. The first-order valence-electron chi connectivity index (χ1n) is 7.85. The lowest BCUT2D eigenvalue weighted by molar-refractivity contribution is -0.388. The lowest BCUT2D eigenvalue weighted by Crippen LogP contribution is -2.30. The highest BCUT2D eigenvalue weighted by atomic mass is 16.6. The number of benzene rings is 1. The maximum absolute atomic E-state index is 12.2. The summed E-state index contributed by atoms with van der Waals surface area (Å²) in [6.07, 6.45) is 2.62. The molecule has 0 saturated heterocycles. The first-order chi connectivity index (χ1) is 12.0. The summed E-state index contributed by atoms with van der Waals surface area (Å²) in [7, 11) is 1.67. The van der Waals surface area contributed by atoms with Gasteiger partial charge in [-0.25, -0.2) is 0 Å². The average Bonchev–Trinajstić information content (AvgIpc) is 3.08. The number of nitrogens with one attached hydrogen (secondary N) is 1. The van der Waals surface area contributed by atoms with Gasteiger partial charge in [0, 0.05) is 20.1 Å². The van der Waals surface area contributed by atoms with Gasteiger partial charge in [-0.3, -0.25) is 19.1 Å². The Morgan fingerprint density at radius 3 is 2.40 bits per heavy atom. The molecule has 9 nitrogen and oxygen atoms in total. The van der Waals surface area contributed by atoms with E-state index in [1.807, 2.05) is 0 Å². The topological polar surface area (TPSA) is 110 Å². The van der Waals surface area contributed by atoms with Crippen LogP contribution in [-0.2, 0) is 7.05 Å². The average molecular weight is 343 g/mol. The Hall–Kier alpha value is -3.23. The molecule has 25 heavy (non-hydrogen) atoms. The molecular formula is C16H17N5O4. The quantitative estimate of drug-likeness (QED) is 0.355. The number of carbonyl (C=O) groups excluding carboxylic acids is 2. The van der Waals surface area contributed by atoms with Crippen LogP contribution in [0.15, 0.2) is 30.6 Å². The van der Waals surface area contributed by atoms with E-state index in [1.54, 1.807) is 35.9 Å². The van der Waals surface area contributed by atoms with Gasteiger partial charge in [-0.15, -0.1) is 0 Å². The number of aromatic nitrogens is 2. The van der Waals surface area contributed by atoms with E-state index >= 15 is 0 Å². The van der Waals surface area contributed by atoms with Gasteiger partial charge in [0.05, 0.1) is 11.1 Å². The van der Waals surface area contributed by atoms with Gasteiger partial charge in [0.2, 0.25) is 12.1 Å². The molecule has 3 rings (SSSR count). The van der Waals surface area contributed by atoms with Gasteiger partial charge in [0.1, 0.15) is 0 Å². The van der Waals surface area contributed by atoms with Crippen LogP contribution in [0.2, 0.25) is 0 Å². The van der Waals surface area contributed by atoms with Crippen molar-refractivity contribution in [2.75, 3.05) is 18.4 Å². The number of aryl methyl sites for hydroxylation is 1. The molecule has 1 aromatic carbocycles. The fourth-order valence-electron chi connectivity index (χ4n) is 2.80. The van der Waals surface area contributed by atoms with Crippen LogP contribution in [0.4, 0.5) is 11.6 Å². The molecule has 130 valence electrons. The summed E-state index contributed by atoms with van der Waals surface area (Å²) in [5, 5.41) is 13.9. The second-order valence-corrected chi connectivity index (χ2v) is 5.73. The summed E-state index contributed by atoms with van der Waals surface area (Å²) in [5.74, 6) is -0.416. The van der Waals surface area contributed by atoms with Crippen molar-refractivity contribution in [3.63, 3.8) is 0 Å². The predicted octanol–water partition coefficient (Wildman–Crippen LogP) is 1.82. The van der Waals surface area contributed by atoms with Crippen molar-refractivity contribution < 1.29 is 14.5 Å². The number of nitro groups is 1. The Morgan fingerprint density at radius 2 is 1.80 bits per heavy atom. The molecule has 0 unspecified atom stereocenters. The summed E-state index contributed by atoms with van der Waals surface area (Å²) in [6.45, 7) is 0.797. The lowest BCUT2D eigenvalue weighted by Gasteiger charge is -2.13. The molecular weight excluding hydrogens is 326 g/mol. The van der Waals surface area contributed by atoms with Crippen LogP contribution in [-0.4, -0.2) is 44.3 Å². The zero-order valence-electron chi connectivity index (χ0n) is 13.6. The molecule has 9 heteroatoms. The van der Waals surface area contributed by atoms with E-state index in [0.717, 1.165) is 0 Å². The molecule has 2 aromatic rings. The second kappa shape index (κ2) is 6.71. The highest BCUT2D eigenvalue weighted by molar-refractivity contribution is 6.21. The lowest BCUT2D eigenvalue weighted by atomic mass is 10.1. The number of nitrogens with zero attached hydrogens (tertiary/aromatic N) is 4. The maximum Gasteiger partial charge on any atom is 0.406 e. The largest absolute Gasteiger partial charge is 0.406 e. The molecule has 0 radical (unpaired) electrons. The number of anilines is 1. The molecule has 0 saturated carbocycles. The van der Waals surface area contributed by atoms with E-state index in [4.69, 9.17) is 0 Å². The van der Waals surface area contributed by atoms with Crippen LogP contribution in [0.1, 0.15) is 33.6 Å². The molecule has 2 amide bonds. The molecule has 1 aliphatic heterocycles. The van der Waals surface area contributed by atoms with Crippen molar-refractivity contribution in [1.82, 2.24) is 14.5 Å². The SMILES string of the molecule is Cn1cnc([N+](=O)[O-])c1NCCCCN1C(=O)c2ccccc2C1=O. The van der Waals surface area contributed by atoms with Crippen molar-refractivity contribution in [3.8, 4) is 0 Å². The molecule has 0 bridgehead atoms. The predicted molar refractivity (Wildman–Crippen MR) is 89.4 cm³/mol. The number of fused-ring (bicyclic) bond motifs is 1. The third-order valence-electron chi connectivity index (χ3n) is 4.07. The number of imidazole rings is 1. The summed E-state index contributed by atoms with van der Waals surface area (Å²) >= 11 is 0. The molecule has 1 aliphatic rings. The van der Waals surface area contributed by atoms with Gasteiger partial charge < -0.3 is 15.4 Å². The maximum atomic E-state index is 12.2. The normalized spacial score (nSPS) is 13.2. The van der Waals surface area contributed by atoms with Crippen molar-refractivity contribution in [3.05, 3.63) is 51.8 Å². The van der Waals surface area contributed by atoms with E-state index in [2.05, 4.69) is 10.3 Å². The van der Waals surface area contributed by atoms with Gasteiger partial charge in [-0.2, -0.15) is 0 Å². The van der Waals surface area contributed by atoms with Gasteiger partial charge in [-0.1, -0.05) is 12.1 Å². The highest BCUT2D eigenvalue weighted by Crippen LogP contribution is 2.23. The Balaban J connectivity index is 1.50. The summed E-state index contributed by atoms with van der Waals surface area (Å²) in [6, 6.07) is 6.77. The van der Waals surface area contributed by atoms with E-state index in [-0.39, 0.29) is 17.6 Å². The van der Waals surface area contributed by atoms with Crippen LogP contribution < -0.4 is 5.32 Å². The van der Waals surface area contributed by atoms with Gasteiger partial charge in [0.15, 0.2) is 0 Å². The van der Waals surface area contributed by atoms with Crippen molar-refractivity contribution >= 4 is 23.5 Å². The molecule has 0 spiro atoms. The van der Waals surface area contributed by atoms with Crippen LogP contribution in [0, 0.1) is 10.1 Å². The Bertz CT molecular complexity index is 810. The number of imide groups is 1. The number of unbranched alkanes of at least 4 members (excludes halogenated alkanes) is 1. The molecule has 1 aromatic heterocycles. The van der Waals surface area contributed by atoms with Crippen LogP contribution in [0.5, 0.6) is 0 Å². The second-order valence-electron chi connectivity index (χ2n) is 5.73. The van der Waals surface area contributed by atoms with Crippen molar-refractivity contribution in [2.24, 2.45) is 7.05 Å². The molecule has 0 aliphatic carbocycles. The van der Waals surface area contributed by atoms with E-state index in [1.165, 1.54) is 11.2 Å². The van der Waals surface area contributed by atoms with Gasteiger partial charge in [-0.05, 0) is 34.9 Å². The highest BCUT2D eigenvalue weighted by Gasteiger charge is 2.34.